The molecule has 1 aromatic rings. The molecule has 2 N–H and O–H groups in total. The van der Waals surface area contributed by atoms with Gasteiger partial charge in [0.15, 0.2) is 0 Å². The van der Waals surface area contributed by atoms with E-state index in [1.165, 1.54) is 0 Å². The molecule has 0 radical (unpaired) electrons. The molecule has 0 aromatic carbocycles. The first-order valence-corrected chi connectivity index (χ1v) is 6.40. The zero-order valence-corrected chi connectivity index (χ0v) is 11.6. The van der Waals surface area contributed by atoms with Crippen LogP contribution >= 0.6 is 0 Å². The van der Waals surface area contributed by atoms with Gasteiger partial charge in [0, 0.05) is 12.2 Å². The summed E-state index contributed by atoms with van der Waals surface area (Å²) in [6.45, 7) is 5.55. The summed E-state index contributed by atoms with van der Waals surface area (Å²) in [6.07, 6.45) is 0.945. The molecule has 1 amide bonds. The molecular formula is C14H20N2O3. The van der Waals surface area contributed by atoms with Gasteiger partial charge in [-0.1, -0.05) is 19.9 Å². The van der Waals surface area contributed by atoms with Crippen molar-refractivity contribution >= 4 is 11.9 Å². The number of pyridine rings is 1. The number of nitrogens with zero attached hydrogens (tertiary/aromatic N) is 1. The zero-order chi connectivity index (χ0) is 14.5. The lowest BCUT2D eigenvalue weighted by Gasteiger charge is -2.26. The van der Waals surface area contributed by atoms with Crippen LogP contribution in [0, 0.1) is 12.3 Å². The van der Waals surface area contributed by atoms with Crippen molar-refractivity contribution < 1.29 is 14.7 Å². The van der Waals surface area contributed by atoms with Crippen molar-refractivity contribution in [2.75, 3.05) is 6.54 Å². The van der Waals surface area contributed by atoms with Gasteiger partial charge < -0.3 is 10.4 Å². The van der Waals surface area contributed by atoms with Crippen molar-refractivity contribution in [3.05, 3.63) is 29.6 Å². The fraction of sp³-hybridized carbons (Fsp3) is 0.500. The monoisotopic (exact) mass is 264 g/mol. The molecule has 0 spiro atoms. The summed E-state index contributed by atoms with van der Waals surface area (Å²) in [6, 6.07) is 5.17. The van der Waals surface area contributed by atoms with Gasteiger partial charge in [0.1, 0.15) is 5.69 Å². The molecule has 0 unspecified atom stereocenters. The lowest BCUT2D eigenvalue weighted by molar-refractivity contribution is -0.149. The summed E-state index contributed by atoms with van der Waals surface area (Å²) in [7, 11) is 0. The van der Waals surface area contributed by atoms with Crippen molar-refractivity contribution in [2.24, 2.45) is 5.41 Å². The maximum absolute atomic E-state index is 11.9. The number of aromatic nitrogens is 1. The maximum atomic E-state index is 11.9. The average Bonchev–Trinajstić information content (AvgIpc) is 2.40. The lowest BCUT2D eigenvalue weighted by Crippen LogP contribution is -2.42. The molecule has 19 heavy (non-hydrogen) atoms. The molecule has 0 aliphatic carbocycles. The number of amides is 1. The Labute approximate surface area is 113 Å². The Hall–Kier alpha value is -1.91. The van der Waals surface area contributed by atoms with E-state index in [1.807, 2.05) is 13.8 Å². The smallest absolute Gasteiger partial charge is 0.311 e. The highest BCUT2D eigenvalue weighted by molar-refractivity contribution is 5.92. The molecule has 0 atom stereocenters. The van der Waals surface area contributed by atoms with Crippen molar-refractivity contribution in [3.63, 3.8) is 0 Å². The van der Waals surface area contributed by atoms with Gasteiger partial charge in [-0.25, -0.2) is 4.98 Å². The Kier molecular flexibility index (Phi) is 5.03. The fourth-order valence-electron chi connectivity index (χ4n) is 1.89. The highest BCUT2D eigenvalue weighted by Crippen LogP contribution is 2.25. The Morgan fingerprint density at radius 1 is 1.32 bits per heavy atom. The van der Waals surface area contributed by atoms with Crippen LogP contribution in [0.3, 0.4) is 0 Å². The summed E-state index contributed by atoms with van der Waals surface area (Å²) in [5.41, 5.74) is 0.161. The van der Waals surface area contributed by atoms with Gasteiger partial charge in [-0.3, -0.25) is 9.59 Å². The summed E-state index contributed by atoms with van der Waals surface area (Å²) < 4.78 is 0. The van der Waals surface area contributed by atoms with Crippen LogP contribution in [0.1, 0.15) is 42.9 Å². The lowest BCUT2D eigenvalue weighted by atomic mass is 9.82. The molecule has 5 heteroatoms. The molecule has 0 bridgehead atoms. The van der Waals surface area contributed by atoms with Crippen LogP contribution in [0.25, 0.3) is 0 Å². The van der Waals surface area contributed by atoms with E-state index in [0.29, 0.717) is 18.5 Å². The molecule has 0 saturated carbocycles. The highest BCUT2D eigenvalue weighted by atomic mass is 16.4. The molecule has 1 heterocycles. The molecule has 1 aromatic heterocycles. The van der Waals surface area contributed by atoms with Crippen LogP contribution in [-0.4, -0.2) is 28.5 Å². The van der Waals surface area contributed by atoms with E-state index in [9.17, 15) is 14.7 Å². The third-order valence-corrected chi connectivity index (χ3v) is 3.52. The number of aliphatic carboxylic acids is 1. The van der Waals surface area contributed by atoms with E-state index < -0.39 is 11.4 Å². The first-order chi connectivity index (χ1) is 8.95. The van der Waals surface area contributed by atoms with Crippen LogP contribution < -0.4 is 5.32 Å². The summed E-state index contributed by atoms with van der Waals surface area (Å²) in [5.74, 6) is -1.22. The predicted molar refractivity (Wildman–Crippen MR) is 72.0 cm³/mol. The van der Waals surface area contributed by atoms with E-state index in [0.717, 1.165) is 5.69 Å². The van der Waals surface area contributed by atoms with Crippen molar-refractivity contribution in [3.8, 4) is 0 Å². The third kappa shape index (κ3) is 3.53. The largest absolute Gasteiger partial charge is 0.481 e. The van der Waals surface area contributed by atoms with Crippen LogP contribution in [-0.2, 0) is 4.79 Å². The minimum absolute atomic E-state index is 0.115. The number of nitrogens with one attached hydrogen (secondary N) is 1. The normalized spacial score (nSPS) is 11.1. The number of aryl methyl sites for hydroxylation is 1. The second-order valence-electron chi connectivity index (χ2n) is 4.64. The van der Waals surface area contributed by atoms with Gasteiger partial charge in [-0.05, 0) is 31.9 Å². The number of carboxylic acids is 1. The van der Waals surface area contributed by atoms with E-state index in [4.69, 9.17) is 0 Å². The number of carbonyl (C=O) groups is 2. The van der Waals surface area contributed by atoms with Crippen molar-refractivity contribution in [2.45, 2.75) is 33.6 Å². The number of rotatable bonds is 6. The van der Waals surface area contributed by atoms with Gasteiger partial charge >= 0.3 is 5.97 Å². The number of carboxylic acid groups (broad SMARTS) is 1. The van der Waals surface area contributed by atoms with Gasteiger partial charge in [-0.2, -0.15) is 0 Å². The molecule has 104 valence electrons. The average molecular weight is 264 g/mol. The molecule has 0 aliphatic heterocycles. The second kappa shape index (κ2) is 6.31. The van der Waals surface area contributed by atoms with E-state index in [-0.39, 0.29) is 12.5 Å². The molecule has 5 nitrogen and oxygen atoms in total. The zero-order valence-electron chi connectivity index (χ0n) is 11.6. The standard InChI is InChI=1S/C14H20N2O3/c1-4-14(5-2,13(18)19)9-15-12(17)11-8-6-7-10(3)16-11/h6-8H,4-5,9H2,1-3H3,(H,15,17)(H,18,19). The first kappa shape index (κ1) is 15.1. The van der Waals surface area contributed by atoms with Crippen LogP contribution in [0.2, 0.25) is 0 Å². The fourth-order valence-corrected chi connectivity index (χ4v) is 1.89. The quantitative estimate of drug-likeness (QED) is 0.823. The number of carbonyl (C=O) groups excluding carboxylic acids is 1. The summed E-state index contributed by atoms with van der Waals surface area (Å²) >= 11 is 0. The topological polar surface area (TPSA) is 79.3 Å². The SMILES string of the molecule is CCC(CC)(CNC(=O)c1cccc(C)n1)C(=O)O. The van der Waals surface area contributed by atoms with Gasteiger partial charge in [0.2, 0.25) is 0 Å². The first-order valence-electron chi connectivity index (χ1n) is 6.40. The maximum Gasteiger partial charge on any atom is 0.311 e. The Balaban J connectivity index is 2.75. The summed E-state index contributed by atoms with van der Waals surface area (Å²) in [5, 5.41) is 12.0. The Bertz CT molecular complexity index is 468. The van der Waals surface area contributed by atoms with E-state index in [1.54, 1.807) is 25.1 Å². The second-order valence-corrected chi connectivity index (χ2v) is 4.64. The Morgan fingerprint density at radius 2 is 1.95 bits per heavy atom. The molecule has 1 rings (SSSR count). The highest BCUT2D eigenvalue weighted by Gasteiger charge is 2.35. The minimum Gasteiger partial charge on any atom is -0.481 e. The van der Waals surface area contributed by atoms with Gasteiger partial charge in [-0.15, -0.1) is 0 Å². The van der Waals surface area contributed by atoms with E-state index in [2.05, 4.69) is 10.3 Å². The minimum atomic E-state index is -0.903. The molecule has 0 saturated heterocycles. The van der Waals surface area contributed by atoms with Crippen LogP contribution in [0.5, 0.6) is 0 Å². The predicted octanol–water partition coefficient (Wildman–Crippen LogP) is 2.01. The van der Waals surface area contributed by atoms with Gasteiger partial charge in [0.05, 0.1) is 5.41 Å². The summed E-state index contributed by atoms with van der Waals surface area (Å²) in [4.78, 5) is 27.4. The van der Waals surface area contributed by atoms with Gasteiger partial charge in [0.25, 0.3) is 5.91 Å². The van der Waals surface area contributed by atoms with Crippen molar-refractivity contribution in [1.82, 2.24) is 10.3 Å². The molecule has 0 fully saturated rings. The van der Waals surface area contributed by atoms with Crippen molar-refractivity contribution in [1.29, 1.82) is 0 Å². The van der Waals surface area contributed by atoms with Crippen LogP contribution in [0.4, 0.5) is 0 Å². The molecule has 0 aliphatic rings. The number of hydrogen-bond donors (Lipinski definition) is 2. The van der Waals surface area contributed by atoms with E-state index >= 15 is 0 Å². The Morgan fingerprint density at radius 3 is 2.42 bits per heavy atom. The number of hydrogen-bond acceptors (Lipinski definition) is 3. The third-order valence-electron chi connectivity index (χ3n) is 3.52. The van der Waals surface area contributed by atoms with Crippen LogP contribution in [0.15, 0.2) is 18.2 Å². The molecular weight excluding hydrogens is 244 g/mol.